The lowest BCUT2D eigenvalue weighted by atomic mass is 9.97. The van der Waals surface area contributed by atoms with Gasteiger partial charge >= 0.3 is 12.2 Å². The first kappa shape index (κ1) is 15.1. The highest BCUT2D eigenvalue weighted by atomic mass is 16.6. The first-order chi connectivity index (χ1) is 11.2. The number of hydrogen-bond acceptors (Lipinski definition) is 5. The zero-order valence-corrected chi connectivity index (χ0v) is 12.5. The molecule has 0 atom stereocenters. The zero-order valence-electron chi connectivity index (χ0n) is 12.5. The number of carbonyl (C=O) groups is 1. The van der Waals surface area contributed by atoms with Crippen LogP contribution >= 0.6 is 0 Å². The molecule has 1 N–H and O–H groups in total. The molecule has 0 spiro atoms. The first-order valence-corrected chi connectivity index (χ1v) is 7.42. The van der Waals surface area contributed by atoms with Crippen molar-refractivity contribution in [2.45, 2.75) is 18.8 Å². The van der Waals surface area contributed by atoms with Gasteiger partial charge in [-0.15, -0.1) is 5.10 Å². The second-order valence-corrected chi connectivity index (χ2v) is 5.28. The number of rotatable bonds is 4. The molecule has 1 aromatic heterocycles. The van der Waals surface area contributed by atoms with Crippen LogP contribution in [0.1, 0.15) is 30.2 Å². The SMILES string of the molecule is O=C(O)N1CCC(c2nnc(O/C=C/c3ccccc3)o2)CC1. The summed E-state index contributed by atoms with van der Waals surface area (Å²) in [5.41, 5.74) is 1.01. The molecule has 7 nitrogen and oxygen atoms in total. The van der Waals surface area contributed by atoms with Crippen LogP contribution < -0.4 is 4.74 Å². The molecule has 1 aromatic carbocycles. The monoisotopic (exact) mass is 315 g/mol. The average Bonchev–Trinajstić information content (AvgIpc) is 3.05. The van der Waals surface area contributed by atoms with Crippen molar-refractivity contribution in [2.75, 3.05) is 13.1 Å². The quantitative estimate of drug-likeness (QED) is 0.873. The molecule has 3 rings (SSSR count). The highest BCUT2D eigenvalue weighted by molar-refractivity contribution is 5.65. The standard InChI is InChI=1S/C16H17N3O4/c20-16(21)19-9-6-13(7-10-19)14-17-18-15(23-14)22-11-8-12-4-2-1-3-5-12/h1-5,8,11,13H,6-7,9-10H2,(H,20,21)/b11-8+. The van der Waals surface area contributed by atoms with Gasteiger partial charge in [-0.2, -0.15) is 0 Å². The second-order valence-electron chi connectivity index (χ2n) is 5.28. The molecular formula is C16H17N3O4. The largest absolute Gasteiger partial charge is 0.465 e. The number of amides is 1. The minimum atomic E-state index is -0.885. The fraction of sp³-hybridized carbons (Fsp3) is 0.312. The Bertz CT molecular complexity index is 676. The molecule has 0 unspecified atom stereocenters. The van der Waals surface area contributed by atoms with E-state index in [0.717, 1.165) is 5.56 Å². The lowest BCUT2D eigenvalue weighted by Gasteiger charge is -2.27. The molecule has 7 heteroatoms. The third kappa shape index (κ3) is 3.88. The lowest BCUT2D eigenvalue weighted by molar-refractivity contribution is 0.129. The molecule has 1 aliphatic heterocycles. The summed E-state index contributed by atoms with van der Waals surface area (Å²) in [6.45, 7) is 0.957. The molecule has 1 saturated heterocycles. The van der Waals surface area contributed by atoms with E-state index < -0.39 is 6.09 Å². The van der Waals surface area contributed by atoms with Crippen molar-refractivity contribution in [1.29, 1.82) is 0 Å². The van der Waals surface area contributed by atoms with Crippen LogP contribution in [-0.4, -0.2) is 39.4 Å². The van der Waals surface area contributed by atoms with Crippen molar-refractivity contribution in [1.82, 2.24) is 15.1 Å². The number of hydrogen-bond donors (Lipinski definition) is 1. The third-order valence-electron chi connectivity index (χ3n) is 3.77. The molecule has 1 fully saturated rings. The van der Waals surface area contributed by atoms with Crippen LogP contribution in [0.5, 0.6) is 6.08 Å². The molecule has 1 amide bonds. The van der Waals surface area contributed by atoms with Crippen LogP contribution in [0.3, 0.4) is 0 Å². The van der Waals surface area contributed by atoms with Crippen LogP contribution in [0.25, 0.3) is 6.08 Å². The van der Waals surface area contributed by atoms with Gasteiger partial charge in [0.15, 0.2) is 0 Å². The summed E-state index contributed by atoms with van der Waals surface area (Å²) in [5, 5.41) is 16.8. The lowest BCUT2D eigenvalue weighted by Crippen LogP contribution is -2.36. The van der Waals surface area contributed by atoms with E-state index in [0.29, 0.717) is 31.8 Å². The van der Waals surface area contributed by atoms with Gasteiger partial charge in [-0.25, -0.2) is 4.79 Å². The number of ether oxygens (including phenoxy) is 1. The molecule has 1 aliphatic rings. The van der Waals surface area contributed by atoms with Gasteiger partial charge in [0, 0.05) is 19.0 Å². The molecular weight excluding hydrogens is 298 g/mol. The van der Waals surface area contributed by atoms with E-state index >= 15 is 0 Å². The van der Waals surface area contributed by atoms with Crippen molar-refractivity contribution in [3.63, 3.8) is 0 Å². The van der Waals surface area contributed by atoms with Crippen molar-refractivity contribution >= 4 is 12.2 Å². The normalized spacial score (nSPS) is 15.9. The zero-order chi connectivity index (χ0) is 16.1. The summed E-state index contributed by atoms with van der Waals surface area (Å²) in [5.74, 6) is 0.576. The topological polar surface area (TPSA) is 88.7 Å². The Kier molecular flexibility index (Phi) is 4.56. The Morgan fingerprint density at radius 3 is 2.70 bits per heavy atom. The Morgan fingerprint density at radius 1 is 1.26 bits per heavy atom. The number of nitrogens with zero attached hydrogens (tertiary/aromatic N) is 3. The Morgan fingerprint density at radius 2 is 2.00 bits per heavy atom. The van der Waals surface area contributed by atoms with Gasteiger partial charge in [-0.3, -0.25) is 0 Å². The fourth-order valence-corrected chi connectivity index (χ4v) is 2.49. The molecule has 23 heavy (non-hydrogen) atoms. The van der Waals surface area contributed by atoms with Gasteiger partial charge in [0.1, 0.15) is 0 Å². The highest BCUT2D eigenvalue weighted by Gasteiger charge is 2.27. The minimum Gasteiger partial charge on any atom is -0.465 e. The van der Waals surface area contributed by atoms with E-state index in [9.17, 15) is 4.79 Å². The molecule has 120 valence electrons. The summed E-state index contributed by atoms with van der Waals surface area (Å²) >= 11 is 0. The summed E-state index contributed by atoms with van der Waals surface area (Å²) in [7, 11) is 0. The van der Waals surface area contributed by atoms with Gasteiger partial charge in [-0.05, 0) is 24.5 Å². The molecule has 0 bridgehead atoms. The Labute approximate surface area is 133 Å². The van der Waals surface area contributed by atoms with Crippen molar-refractivity contribution in [3.05, 3.63) is 48.0 Å². The minimum absolute atomic E-state index is 0.0774. The molecule has 2 aromatic rings. The Hall–Kier alpha value is -2.83. The van der Waals surface area contributed by atoms with Gasteiger partial charge in [0.25, 0.3) is 0 Å². The van der Waals surface area contributed by atoms with Crippen LogP contribution in [0.15, 0.2) is 41.0 Å². The van der Waals surface area contributed by atoms with Crippen LogP contribution in [0.2, 0.25) is 0 Å². The summed E-state index contributed by atoms with van der Waals surface area (Å²) in [6.07, 6.45) is 3.85. The van der Waals surface area contributed by atoms with Gasteiger partial charge in [-0.1, -0.05) is 35.4 Å². The van der Waals surface area contributed by atoms with E-state index in [2.05, 4.69) is 10.2 Å². The smallest absolute Gasteiger partial charge is 0.419 e. The maximum atomic E-state index is 10.9. The number of likely N-dealkylation sites (tertiary alicyclic amines) is 1. The summed E-state index contributed by atoms with van der Waals surface area (Å²) < 4.78 is 10.8. The van der Waals surface area contributed by atoms with E-state index in [-0.39, 0.29) is 12.0 Å². The van der Waals surface area contributed by atoms with Gasteiger partial charge < -0.3 is 19.2 Å². The molecule has 0 saturated carbocycles. The molecule has 0 aliphatic carbocycles. The predicted molar refractivity (Wildman–Crippen MR) is 82.0 cm³/mol. The predicted octanol–water partition coefficient (Wildman–Crippen LogP) is 2.98. The van der Waals surface area contributed by atoms with E-state index in [1.54, 1.807) is 6.08 Å². The van der Waals surface area contributed by atoms with Crippen molar-refractivity contribution in [2.24, 2.45) is 0 Å². The highest BCUT2D eigenvalue weighted by Crippen LogP contribution is 2.28. The van der Waals surface area contributed by atoms with Crippen molar-refractivity contribution < 1.29 is 19.1 Å². The van der Waals surface area contributed by atoms with Gasteiger partial charge in [0.05, 0.1) is 6.26 Å². The van der Waals surface area contributed by atoms with Gasteiger partial charge in [0.2, 0.25) is 5.89 Å². The van der Waals surface area contributed by atoms with Crippen LogP contribution in [0, 0.1) is 0 Å². The number of piperidine rings is 1. The van der Waals surface area contributed by atoms with Crippen LogP contribution in [0.4, 0.5) is 4.79 Å². The summed E-state index contributed by atoms with van der Waals surface area (Å²) in [4.78, 5) is 12.3. The Balaban J connectivity index is 1.54. The second kappa shape index (κ2) is 6.95. The summed E-state index contributed by atoms with van der Waals surface area (Å²) in [6, 6.07) is 9.73. The van der Waals surface area contributed by atoms with E-state index in [1.807, 2.05) is 30.3 Å². The molecule has 0 radical (unpaired) electrons. The third-order valence-corrected chi connectivity index (χ3v) is 3.77. The molecule has 2 heterocycles. The number of aromatic nitrogens is 2. The first-order valence-electron chi connectivity index (χ1n) is 7.42. The van der Waals surface area contributed by atoms with Crippen LogP contribution in [-0.2, 0) is 0 Å². The number of carboxylic acid groups (broad SMARTS) is 1. The number of benzene rings is 1. The average molecular weight is 315 g/mol. The van der Waals surface area contributed by atoms with E-state index in [1.165, 1.54) is 11.2 Å². The maximum absolute atomic E-state index is 10.9. The maximum Gasteiger partial charge on any atom is 0.419 e. The van der Waals surface area contributed by atoms with E-state index in [4.69, 9.17) is 14.3 Å². The van der Waals surface area contributed by atoms with Crippen molar-refractivity contribution in [3.8, 4) is 6.08 Å². The fourth-order valence-electron chi connectivity index (χ4n) is 2.49.